The van der Waals surface area contributed by atoms with Crippen LogP contribution in [0.3, 0.4) is 0 Å². The van der Waals surface area contributed by atoms with Crippen molar-refractivity contribution < 1.29 is 0 Å². The number of aromatic nitrogens is 1. The normalized spacial score (nSPS) is 14.5. The summed E-state index contributed by atoms with van der Waals surface area (Å²) in [6, 6.07) is 56.6. The van der Waals surface area contributed by atoms with Crippen molar-refractivity contribution in [1.29, 1.82) is 0 Å². The Balaban J connectivity index is 1.20. The second-order valence-electron chi connectivity index (χ2n) is 14.0. The highest BCUT2D eigenvalue weighted by Gasteiger charge is 2.39. The van der Waals surface area contributed by atoms with Crippen molar-refractivity contribution in [2.75, 3.05) is 0 Å². The molecule has 0 radical (unpaired) electrons. The summed E-state index contributed by atoms with van der Waals surface area (Å²) in [5.41, 5.74) is 19.1. The standard InChI is InChI=1S/C46H40N4/c1-46(2)38-23-13-11-21-36(38)40-34-19-9-10-20-35(34)43-41(42(40)46)37-22-12-14-24-39(37)50(43)33-27-25-32(26-28-33)45(48-29-30-15-5-3-6-16-30)49-44(47)31-17-7-4-8-18-31/h3-28,44-45,48-49H,29,47H2,1-2H3. The van der Waals surface area contributed by atoms with Crippen LogP contribution in [0.15, 0.2) is 158 Å². The van der Waals surface area contributed by atoms with Crippen LogP contribution in [0, 0.1) is 0 Å². The van der Waals surface area contributed by atoms with Crippen LogP contribution in [0.25, 0.3) is 49.4 Å². The lowest BCUT2D eigenvalue weighted by Crippen LogP contribution is -2.39. The van der Waals surface area contributed by atoms with Crippen LogP contribution in [-0.4, -0.2) is 4.57 Å². The molecule has 0 bridgehead atoms. The molecular weight excluding hydrogens is 609 g/mol. The Morgan fingerprint density at radius 3 is 2.00 bits per heavy atom. The van der Waals surface area contributed by atoms with Gasteiger partial charge < -0.3 is 10.3 Å². The first kappa shape index (κ1) is 30.5. The quantitative estimate of drug-likeness (QED) is 0.144. The van der Waals surface area contributed by atoms with Crippen LogP contribution in [0.1, 0.15) is 54.0 Å². The van der Waals surface area contributed by atoms with Crippen molar-refractivity contribution in [2.24, 2.45) is 5.73 Å². The van der Waals surface area contributed by atoms with Gasteiger partial charge in [-0.2, -0.15) is 0 Å². The average molecular weight is 649 g/mol. The first-order valence-corrected chi connectivity index (χ1v) is 17.5. The lowest BCUT2D eigenvalue weighted by molar-refractivity contribution is 0.386. The largest absolute Gasteiger partial charge is 0.312 e. The summed E-state index contributed by atoms with van der Waals surface area (Å²) in [6.07, 6.45) is -0.497. The fourth-order valence-electron chi connectivity index (χ4n) is 8.31. The molecule has 0 amide bonds. The molecule has 1 heterocycles. The van der Waals surface area contributed by atoms with Crippen molar-refractivity contribution in [3.63, 3.8) is 0 Å². The molecule has 50 heavy (non-hydrogen) atoms. The zero-order valence-electron chi connectivity index (χ0n) is 28.4. The van der Waals surface area contributed by atoms with E-state index in [0.29, 0.717) is 6.54 Å². The molecule has 2 unspecified atom stereocenters. The van der Waals surface area contributed by atoms with Crippen molar-refractivity contribution in [1.82, 2.24) is 15.2 Å². The van der Waals surface area contributed by atoms with Gasteiger partial charge >= 0.3 is 0 Å². The highest BCUT2D eigenvalue weighted by molar-refractivity contribution is 6.25. The SMILES string of the molecule is CC1(C)c2ccccc2-c2c1c1c3ccccc3n(-c3ccc(C(NCc4ccccc4)NC(N)c4ccccc4)cc3)c1c1ccccc21. The zero-order chi connectivity index (χ0) is 33.8. The number of hydrogen-bond donors (Lipinski definition) is 3. The van der Waals surface area contributed by atoms with Crippen LogP contribution in [-0.2, 0) is 12.0 Å². The molecule has 4 heteroatoms. The predicted molar refractivity (Wildman–Crippen MR) is 208 cm³/mol. The summed E-state index contributed by atoms with van der Waals surface area (Å²) in [5, 5.41) is 12.6. The van der Waals surface area contributed by atoms with E-state index in [1.165, 1.54) is 60.4 Å². The van der Waals surface area contributed by atoms with E-state index in [2.05, 4.69) is 169 Å². The van der Waals surface area contributed by atoms with Crippen LogP contribution in [0.2, 0.25) is 0 Å². The maximum atomic E-state index is 6.73. The number of para-hydroxylation sites is 1. The van der Waals surface area contributed by atoms with Crippen LogP contribution in [0.4, 0.5) is 0 Å². The van der Waals surface area contributed by atoms with E-state index in [9.17, 15) is 0 Å². The fraction of sp³-hybridized carbons (Fsp3) is 0.130. The molecule has 0 aliphatic heterocycles. The second-order valence-corrected chi connectivity index (χ2v) is 14.0. The molecule has 1 aliphatic carbocycles. The molecule has 0 saturated heterocycles. The Morgan fingerprint density at radius 2 is 1.24 bits per heavy atom. The van der Waals surface area contributed by atoms with E-state index in [0.717, 1.165) is 16.8 Å². The summed E-state index contributed by atoms with van der Waals surface area (Å²) in [6.45, 7) is 5.50. The van der Waals surface area contributed by atoms with Crippen LogP contribution >= 0.6 is 0 Å². The van der Waals surface area contributed by atoms with Gasteiger partial charge in [0.15, 0.2) is 0 Å². The van der Waals surface area contributed by atoms with Gasteiger partial charge in [-0.3, -0.25) is 10.6 Å². The Hall–Kier alpha value is -5.52. The molecule has 8 aromatic rings. The highest BCUT2D eigenvalue weighted by Crippen LogP contribution is 2.56. The third-order valence-corrected chi connectivity index (χ3v) is 10.7. The zero-order valence-corrected chi connectivity index (χ0v) is 28.4. The van der Waals surface area contributed by atoms with Crippen molar-refractivity contribution in [3.05, 3.63) is 186 Å². The van der Waals surface area contributed by atoms with Crippen molar-refractivity contribution >= 4 is 32.6 Å². The molecule has 0 saturated carbocycles. The number of fused-ring (bicyclic) bond motifs is 10. The fourth-order valence-corrected chi connectivity index (χ4v) is 8.31. The minimum absolute atomic E-state index is 0.145. The van der Waals surface area contributed by atoms with Gasteiger partial charge in [-0.05, 0) is 62.5 Å². The summed E-state index contributed by atoms with van der Waals surface area (Å²) >= 11 is 0. The molecular formula is C46H40N4. The number of nitrogens with one attached hydrogen (secondary N) is 2. The number of hydrogen-bond acceptors (Lipinski definition) is 3. The molecule has 1 aromatic heterocycles. The molecule has 9 rings (SSSR count). The lowest BCUT2D eigenvalue weighted by Gasteiger charge is -2.26. The Morgan fingerprint density at radius 1 is 0.620 bits per heavy atom. The third kappa shape index (κ3) is 4.87. The van der Waals surface area contributed by atoms with E-state index in [-0.39, 0.29) is 17.7 Å². The number of rotatable bonds is 8. The van der Waals surface area contributed by atoms with E-state index < -0.39 is 0 Å². The van der Waals surface area contributed by atoms with Gasteiger partial charge in [0, 0.05) is 33.8 Å². The minimum atomic E-state index is -0.331. The topological polar surface area (TPSA) is 55.0 Å². The second kappa shape index (κ2) is 12.1. The lowest BCUT2D eigenvalue weighted by atomic mass is 9.79. The summed E-state index contributed by atoms with van der Waals surface area (Å²) < 4.78 is 2.48. The summed E-state index contributed by atoms with van der Waals surface area (Å²) in [7, 11) is 0. The molecule has 0 fully saturated rings. The summed E-state index contributed by atoms with van der Waals surface area (Å²) in [5.74, 6) is 0. The van der Waals surface area contributed by atoms with Crippen molar-refractivity contribution in [2.45, 2.75) is 38.1 Å². The van der Waals surface area contributed by atoms with Crippen LogP contribution < -0.4 is 16.4 Å². The average Bonchev–Trinajstić information content (AvgIpc) is 3.63. The van der Waals surface area contributed by atoms with Crippen molar-refractivity contribution in [3.8, 4) is 16.8 Å². The Kier molecular flexibility index (Phi) is 7.40. The first-order chi connectivity index (χ1) is 24.5. The predicted octanol–water partition coefficient (Wildman–Crippen LogP) is 10.3. The highest BCUT2D eigenvalue weighted by atomic mass is 15.2. The molecule has 4 nitrogen and oxygen atoms in total. The number of benzene rings is 7. The molecule has 2 atom stereocenters. The molecule has 0 spiro atoms. The first-order valence-electron chi connectivity index (χ1n) is 17.5. The van der Waals surface area contributed by atoms with Crippen LogP contribution in [0.5, 0.6) is 0 Å². The Bertz CT molecular complexity index is 2500. The molecule has 244 valence electrons. The van der Waals surface area contributed by atoms with Gasteiger partial charge in [-0.15, -0.1) is 0 Å². The van der Waals surface area contributed by atoms with E-state index in [1.807, 2.05) is 18.2 Å². The number of nitrogens with two attached hydrogens (primary N) is 1. The van der Waals surface area contributed by atoms with E-state index >= 15 is 0 Å². The Labute approximate surface area is 293 Å². The molecule has 1 aliphatic rings. The van der Waals surface area contributed by atoms with Gasteiger partial charge in [0.1, 0.15) is 0 Å². The molecule has 7 aromatic carbocycles. The number of nitrogens with zero attached hydrogens (tertiary/aromatic N) is 1. The van der Waals surface area contributed by atoms with Gasteiger partial charge in [0.25, 0.3) is 0 Å². The maximum Gasteiger partial charge on any atom is 0.0852 e. The summed E-state index contributed by atoms with van der Waals surface area (Å²) in [4.78, 5) is 0. The van der Waals surface area contributed by atoms with Gasteiger partial charge in [-0.1, -0.05) is 153 Å². The minimum Gasteiger partial charge on any atom is -0.312 e. The maximum absolute atomic E-state index is 6.73. The van der Waals surface area contributed by atoms with E-state index in [4.69, 9.17) is 5.73 Å². The molecule has 4 N–H and O–H groups in total. The van der Waals surface area contributed by atoms with Gasteiger partial charge in [0.2, 0.25) is 0 Å². The smallest absolute Gasteiger partial charge is 0.0852 e. The van der Waals surface area contributed by atoms with Gasteiger partial charge in [-0.25, -0.2) is 0 Å². The monoisotopic (exact) mass is 648 g/mol. The van der Waals surface area contributed by atoms with E-state index in [1.54, 1.807) is 0 Å². The van der Waals surface area contributed by atoms with Gasteiger partial charge in [0.05, 0.1) is 23.4 Å². The third-order valence-electron chi connectivity index (χ3n) is 10.7.